The molecule has 1 aromatic rings. The van der Waals surface area contributed by atoms with Gasteiger partial charge in [0.25, 0.3) is 5.91 Å². The molecule has 2 heterocycles. The van der Waals surface area contributed by atoms with Crippen molar-refractivity contribution in [1.82, 2.24) is 14.6 Å². The van der Waals surface area contributed by atoms with Gasteiger partial charge in [0, 0.05) is 29.8 Å². The number of hydrogen-bond donors (Lipinski definition) is 1. The molecule has 0 spiro atoms. The van der Waals surface area contributed by atoms with Crippen LogP contribution in [0.15, 0.2) is 22.8 Å². The number of likely N-dealkylation sites (tertiary alicyclic amines) is 1. The van der Waals surface area contributed by atoms with Crippen molar-refractivity contribution in [3.63, 3.8) is 0 Å². The molecule has 1 aliphatic heterocycles. The Morgan fingerprint density at radius 1 is 1.45 bits per heavy atom. The van der Waals surface area contributed by atoms with Gasteiger partial charge in [0.1, 0.15) is 5.69 Å². The predicted molar refractivity (Wildman–Crippen MR) is 78.8 cm³/mol. The molecule has 1 fully saturated rings. The number of hydrogen-bond acceptors (Lipinski definition) is 4. The van der Waals surface area contributed by atoms with Crippen LogP contribution < -0.4 is 4.72 Å². The van der Waals surface area contributed by atoms with E-state index in [2.05, 4.69) is 25.6 Å². The lowest BCUT2D eigenvalue weighted by molar-refractivity contribution is 0.0704. The Balaban J connectivity index is 1.97. The Morgan fingerprint density at radius 3 is 2.65 bits per heavy atom. The molecule has 20 heavy (non-hydrogen) atoms. The summed E-state index contributed by atoms with van der Waals surface area (Å²) in [5.74, 6) is -0.129. The van der Waals surface area contributed by atoms with E-state index in [0.717, 1.165) is 6.26 Å². The number of nitrogens with zero attached hydrogens (tertiary/aromatic N) is 2. The van der Waals surface area contributed by atoms with Gasteiger partial charge in [-0.15, -0.1) is 0 Å². The maximum absolute atomic E-state index is 12.3. The van der Waals surface area contributed by atoms with E-state index in [-0.39, 0.29) is 11.9 Å². The minimum atomic E-state index is -3.19. The van der Waals surface area contributed by atoms with E-state index in [9.17, 15) is 13.2 Å². The number of halogens is 1. The number of carbonyl (C=O) groups is 1. The summed E-state index contributed by atoms with van der Waals surface area (Å²) in [6.45, 7) is 1.05. The van der Waals surface area contributed by atoms with Gasteiger partial charge in [0.15, 0.2) is 0 Å². The quantitative estimate of drug-likeness (QED) is 0.870. The summed E-state index contributed by atoms with van der Waals surface area (Å²) in [5.41, 5.74) is 0.391. The number of pyridine rings is 1. The molecular formula is C12H16BrN3O3S. The SMILES string of the molecule is CS(=O)(=O)NC1CCN(C(=O)c2ncccc2Br)CC1. The van der Waals surface area contributed by atoms with Crippen molar-refractivity contribution in [2.45, 2.75) is 18.9 Å². The first-order valence-corrected chi connectivity index (χ1v) is 8.92. The third-order valence-corrected chi connectivity index (χ3v) is 4.53. The molecule has 0 atom stereocenters. The van der Waals surface area contributed by atoms with Gasteiger partial charge < -0.3 is 4.90 Å². The van der Waals surface area contributed by atoms with E-state index in [1.807, 2.05) is 0 Å². The highest BCUT2D eigenvalue weighted by Gasteiger charge is 2.26. The Hall–Kier alpha value is -0.990. The summed E-state index contributed by atoms with van der Waals surface area (Å²) in [7, 11) is -3.19. The minimum absolute atomic E-state index is 0.0961. The lowest BCUT2D eigenvalue weighted by Crippen LogP contribution is -2.46. The molecule has 1 saturated heterocycles. The average Bonchev–Trinajstić information content (AvgIpc) is 2.37. The van der Waals surface area contributed by atoms with Crippen LogP contribution in [0.2, 0.25) is 0 Å². The highest BCUT2D eigenvalue weighted by atomic mass is 79.9. The van der Waals surface area contributed by atoms with Crippen molar-refractivity contribution in [3.05, 3.63) is 28.5 Å². The Kier molecular flexibility index (Phi) is 4.77. The summed E-state index contributed by atoms with van der Waals surface area (Å²) >= 11 is 3.31. The fraction of sp³-hybridized carbons (Fsp3) is 0.500. The summed E-state index contributed by atoms with van der Waals surface area (Å²) in [6.07, 6.45) is 3.96. The molecule has 1 amide bonds. The topological polar surface area (TPSA) is 79.4 Å². The first-order chi connectivity index (χ1) is 9.37. The normalized spacial score (nSPS) is 17.2. The van der Waals surface area contributed by atoms with Crippen LogP contribution in [-0.4, -0.2) is 49.6 Å². The smallest absolute Gasteiger partial charge is 0.273 e. The Labute approximate surface area is 126 Å². The standard InChI is InChI=1S/C12H16BrN3O3S/c1-20(18,19)15-9-4-7-16(8-5-9)12(17)11-10(13)3-2-6-14-11/h2-3,6,9,15H,4-5,7-8H2,1H3. The van der Waals surface area contributed by atoms with Crippen LogP contribution in [0.4, 0.5) is 0 Å². The fourth-order valence-corrected chi connectivity index (χ4v) is 3.46. The van der Waals surface area contributed by atoms with E-state index in [4.69, 9.17) is 0 Å². The van der Waals surface area contributed by atoms with Crippen LogP contribution in [0.3, 0.4) is 0 Å². The lowest BCUT2D eigenvalue weighted by Gasteiger charge is -2.31. The third kappa shape index (κ3) is 4.00. The van der Waals surface area contributed by atoms with Crippen molar-refractivity contribution in [2.24, 2.45) is 0 Å². The first kappa shape index (κ1) is 15.4. The second-order valence-electron chi connectivity index (χ2n) is 4.79. The van der Waals surface area contributed by atoms with Crippen LogP contribution in [0, 0.1) is 0 Å². The molecule has 2 rings (SSSR count). The zero-order chi connectivity index (χ0) is 14.8. The molecule has 8 heteroatoms. The molecule has 0 radical (unpaired) electrons. The van der Waals surface area contributed by atoms with Gasteiger partial charge >= 0.3 is 0 Å². The summed E-state index contributed by atoms with van der Waals surface area (Å²) in [4.78, 5) is 18.1. The van der Waals surface area contributed by atoms with Crippen molar-refractivity contribution >= 4 is 31.9 Å². The van der Waals surface area contributed by atoms with Crippen molar-refractivity contribution in [1.29, 1.82) is 0 Å². The molecule has 0 aromatic carbocycles. The summed E-state index contributed by atoms with van der Waals surface area (Å²) < 4.78 is 25.6. The minimum Gasteiger partial charge on any atom is -0.337 e. The molecular weight excluding hydrogens is 346 g/mol. The maximum Gasteiger partial charge on any atom is 0.273 e. The molecule has 1 aliphatic rings. The Morgan fingerprint density at radius 2 is 2.10 bits per heavy atom. The summed E-state index contributed by atoms with van der Waals surface area (Å²) in [6, 6.07) is 3.43. The van der Waals surface area contributed by atoms with Gasteiger partial charge in [-0.25, -0.2) is 18.1 Å². The molecule has 0 unspecified atom stereocenters. The van der Waals surface area contributed by atoms with Crippen LogP contribution in [0.1, 0.15) is 23.3 Å². The van der Waals surface area contributed by atoms with Gasteiger partial charge in [0.2, 0.25) is 10.0 Å². The van der Waals surface area contributed by atoms with Gasteiger partial charge in [-0.05, 0) is 40.9 Å². The van der Waals surface area contributed by atoms with E-state index >= 15 is 0 Å². The van der Waals surface area contributed by atoms with Crippen LogP contribution in [0.5, 0.6) is 0 Å². The Bertz CT molecular complexity index is 598. The van der Waals surface area contributed by atoms with Crippen molar-refractivity contribution < 1.29 is 13.2 Å². The second-order valence-corrected chi connectivity index (χ2v) is 7.42. The van der Waals surface area contributed by atoms with E-state index in [1.165, 1.54) is 0 Å². The number of amides is 1. The number of rotatable bonds is 3. The largest absolute Gasteiger partial charge is 0.337 e. The third-order valence-electron chi connectivity index (χ3n) is 3.12. The fourth-order valence-electron chi connectivity index (χ4n) is 2.20. The van der Waals surface area contributed by atoms with Gasteiger partial charge in [-0.1, -0.05) is 0 Å². The first-order valence-electron chi connectivity index (χ1n) is 6.24. The summed E-state index contributed by atoms with van der Waals surface area (Å²) in [5, 5.41) is 0. The highest BCUT2D eigenvalue weighted by Crippen LogP contribution is 2.18. The number of carbonyl (C=O) groups excluding carboxylic acids is 1. The molecule has 1 N–H and O–H groups in total. The van der Waals surface area contributed by atoms with Crippen LogP contribution >= 0.6 is 15.9 Å². The molecule has 1 aromatic heterocycles. The maximum atomic E-state index is 12.3. The van der Waals surface area contributed by atoms with Crippen molar-refractivity contribution in [3.8, 4) is 0 Å². The lowest BCUT2D eigenvalue weighted by atomic mass is 10.1. The van der Waals surface area contributed by atoms with Crippen molar-refractivity contribution in [2.75, 3.05) is 19.3 Å². The molecule has 0 bridgehead atoms. The average molecular weight is 362 g/mol. The molecule has 0 saturated carbocycles. The van der Waals surface area contributed by atoms with Crippen LogP contribution in [0.25, 0.3) is 0 Å². The number of piperidine rings is 1. The zero-order valence-electron chi connectivity index (χ0n) is 11.0. The van der Waals surface area contributed by atoms with E-state index < -0.39 is 10.0 Å². The number of nitrogens with one attached hydrogen (secondary N) is 1. The van der Waals surface area contributed by atoms with E-state index in [1.54, 1.807) is 23.2 Å². The second kappa shape index (κ2) is 6.19. The molecule has 110 valence electrons. The predicted octanol–water partition coefficient (Wildman–Crippen LogP) is 0.998. The highest BCUT2D eigenvalue weighted by molar-refractivity contribution is 9.10. The van der Waals surface area contributed by atoms with Crippen LogP contribution in [-0.2, 0) is 10.0 Å². The van der Waals surface area contributed by atoms with Gasteiger partial charge in [-0.2, -0.15) is 0 Å². The molecule has 6 nitrogen and oxygen atoms in total. The van der Waals surface area contributed by atoms with E-state index in [0.29, 0.717) is 36.1 Å². The zero-order valence-corrected chi connectivity index (χ0v) is 13.4. The monoisotopic (exact) mass is 361 g/mol. The number of aromatic nitrogens is 1. The van der Waals surface area contributed by atoms with Gasteiger partial charge in [-0.3, -0.25) is 4.79 Å². The van der Waals surface area contributed by atoms with Gasteiger partial charge in [0.05, 0.1) is 6.26 Å². The number of sulfonamides is 1. The molecule has 0 aliphatic carbocycles.